The third kappa shape index (κ3) is 11.0. The lowest BCUT2D eigenvalue weighted by Gasteiger charge is -2.46. The number of ether oxygens (including phenoxy) is 2. The number of imide groups is 1. The molecule has 2 aliphatic rings. The quantitative estimate of drug-likeness (QED) is 0.0630. The van der Waals surface area contributed by atoms with E-state index in [2.05, 4.69) is 41.9 Å². The minimum Gasteiger partial charge on any atom is -0.497 e. The molecule has 352 valence electrons. The van der Waals surface area contributed by atoms with Crippen molar-refractivity contribution < 1.29 is 37.0 Å². The van der Waals surface area contributed by atoms with Gasteiger partial charge in [-0.25, -0.2) is 4.79 Å². The number of nitrogens with one attached hydrogen (secondary N) is 3. The van der Waals surface area contributed by atoms with Crippen LogP contribution in [0.3, 0.4) is 0 Å². The Labute approximate surface area is 383 Å². The number of aromatic nitrogens is 2. The highest BCUT2D eigenvalue weighted by molar-refractivity contribution is 6.00. The molecule has 1 unspecified atom stereocenters. The zero-order valence-electron chi connectivity index (χ0n) is 38.6. The van der Waals surface area contributed by atoms with Crippen molar-refractivity contribution in [1.29, 1.82) is 0 Å². The summed E-state index contributed by atoms with van der Waals surface area (Å²) in [4.78, 5) is 52.3. The van der Waals surface area contributed by atoms with E-state index in [-0.39, 0.29) is 54.3 Å². The Morgan fingerprint density at radius 3 is 2.35 bits per heavy atom. The second-order valence-electron chi connectivity index (χ2n) is 19.1. The molecule has 4 aromatic carbocycles. The van der Waals surface area contributed by atoms with Crippen molar-refractivity contribution in [2.24, 2.45) is 12.5 Å². The normalized spacial score (nSPS) is 18.9. The third-order valence-electron chi connectivity index (χ3n) is 13.2. The number of carbonyl (C=O) groups is 3. The number of amides is 3. The molecule has 2 aliphatic heterocycles. The minimum atomic E-state index is -4.38. The van der Waals surface area contributed by atoms with E-state index < -0.39 is 23.5 Å². The number of fused-ring (bicyclic) bond motifs is 1. The van der Waals surface area contributed by atoms with Crippen molar-refractivity contribution in [3.05, 3.63) is 118 Å². The van der Waals surface area contributed by atoms with Crippen LogP contribution in [0.15, 0.2) is 95.8 Å². The highest BCUT2D eigenvalue weighted by Gasteiger charge is 2.49. The van der Waals surface area contributed by atoms with Crippen molar-refractivity contribution >= 4 is 34.4 Å². The summed E-state index contributed by atoms with van der Waals surface area (Å²) in [6, 6.07) is 28.3. The van der Waals surface area contributed by atoms with Crippen molar-refractivity contribution in [3.63, 3.8) is 0 Å². The lowest BCUT2D eigenvalue weighted by atomic mass is 9.67. The summed E-state index contributed by atoms with van der Waals surface area (Å²) in [6.07, 6.45) is -1.62. The van der Waals surface area contributed by atoms with Gasteiger partial charge in [-0.2, -0.15) is 13.2 Å². The van der Waals surface area contributed by atoms with E-state index in [4.69, 9.17) is 9.47 Å². The van der Waals surface area contributed by atoms with Crippen LogP contribution in [0, 0.1) is 5.41 Å². The molecule has 2 fully saturated rings. The van der Waals surface area contributed by atoms with Gasteiger partial charge in [-0.3, -0.25) is 33.7 Å². The van der Waals surface area contributed by atoms with Crippen LogP contribution in [0.5, 0.6) is 5.75 Å². The summed E-state index contributed by atoms with van der Waals surface area (Å²) in [5.41, 5.74) is 3.73. The molecule has 15 heteroatoms. The Balaban J connectivity index is 0.962. The fraction of sp³-hybridized carbons (Fsp3) is 0.451. The molecule has 12 nitrogen and oxygen atoms in total. The maximum Gasteiger partial charge on any atom is 0.395 e. The van der Waals surface area contributed by atoms with E-state index in [1.54, 1.807) is 20.2 Å². The van der Waals surface area contributed by atoms with Gasteiger partial charge in [0.1, 0.15) is 11.8 Å². The molecule has 0 spiro atoms. The maximum absolute atomic E-state index is 14.4. The number of piperidine rings is 1. The molecule has 66 heavy (non-hydrogen) atoms. The predicted molar refractivity (Wildman–Crippen MR) is 249 cm³/mol. The zero-order chi connectivity index (χ0) is 47.4. The highest BCUT2D eigenvalue weighted by Crippen LogP contribution is 2.45. The molecule has 5 aromatic rings. The topological polar surface area (TPSA) is 136 Å². The SMILES string of the molecule is COc1ccc([C@]2(CCN(Cc3ccc(-c4cccc(CC(=O)NCCNc5ccc6c(c5)n(C)c(=O)n6C5CCC(=O)NC5=O)c4)cc3)CC(C)(C)C(F)(F)F)CCOC(C)(C)C2)cc1. The second kappa shape index (κ2) is 19.5. The van der Waals surface area contributed by atoms with Crippen molar-refractivity contribution in [1.82, 2.24) is 24.7 Å². The van der Waals surface area contributed by atoms with Gasteiger partial charge in [-0.15, -0.1) is 0 Å². The molecule has 2 atom stereocenters. The number of rotatable bonds is 17. The van der Waals surface area contributed by atoms with Crippen LogP contribution in [-0.4, -0.2) is 83.4 Å². The van der Waals surface area contributed by atoms with Gasteiger partial charge in [0.05, 0.1) is 35.6 Å². The summed E-state index contributed by atoms with van der Waals surface area (Å²) in [7, 11) is 3.26. The summed E-state index contributed by atoms with van der Waals surface area (Å²) in [5, 5.41) is 8.56. The van der Waals surface area contributed by atoms with Gasteiger partial charge in [0.2, 0.25) is 17.7 Å². The molecular weight excluding hydrogens is 850 g/mol. The van der Waals surface area contributed by atoms with E-state index in [1.165, 1.54) is 23.0 Å². The first-order valence-corrected chi connectivity index (χ1v) is 22.6. The maximum atomic E-state index is 14.4. The number of anilines is 1. The minimum absolute atomic E-state index is 0.150. The highest BCUT2D eigenvalue weighted by atomic mass is 19.4. The number of aryl methyl sites for hydroxylation is 1. The summed E-state index contributed by atoms with van der Waals surface area (Å²) >= 11 is 0. The smallest absolute Gasteiger partial charge is 0.395 e. The van der Waals surface area contributed by atoms with Gasteiger partial charge >= 0.3 is 11.9 Å². The fourth-order valence-electron chi connectivity index (χ4n) is 9.54. The van der Waals surface area contributed by atoms with Gasteiger partial charge in [-0.1, -0.05) is 60.7 Å². The molecular formula is C51H61F3N6O6. The zero-order valence-corrected chi connectivity index (χ0v) is 38.6. The number of hydrogen-bond donors (Lipinski definition) is 3. The molecule has 3 heterocycles. The predicted octanol–water partition coefficient (Wildman–Crippen LogP) is 8.07. The van der Waals surface area contributed by atoms with Crippen LogP contribution in [-0.2, 0) is 44.5 Å². The van der Waals surface area contributed by atoms with Crippen molar-refractivity contribution in [2.45, 2.75) is 96.0 Å². The summed E-state index contributed by atoms with van der Waals surface area (Å²) in [6.45, 7) is 8.68. The van der Waals surface area contributed by atoms with Gasteiger partial charge in [0.15, 0.2) is 0 Å². The number of halogens is 3. The molecule has 0 aliphatic carbocycles. The molecule has 0 bridgehead atoms. The number of methoxy groups -OCH3 is 1. The Kier molecular flexibility index (Phi) is 14.2. The number of hydrogen-bond acceptors (Lipinski definition) is 8. The van der Waals surface area contributed by atoms with Crippen LogP contribution in [0.25, 0.3) is 22.2 Å². The number of carbonyl (C=O) groups excluding carboxylic acids is 3. The monoisotopic (exact) mass is 910 g/mol. The lowest BCUT2D eigenvalue weighted by molar-refractivity contribution is -0.217. The van der Waals surface area contributed by atoms with Gasteiger partial charge in [0.25, 0.3) is 0 Å². The second-order valence-corrected chi connectivity index (χ2v) is 19.1. The van der Waals surface area contributed by atoms with E-state index >= 15 is 0 Å². The van der Waals surface area contributed by atoms with Crippen LogP contribution >= 0.6 is 0 Å². The van der Waals surface area contributed by atoms with E-state index in [0.717, 1.165) is 52.1 Å². The largest absolute Gasteiger partial charge is 0.497 e. The van der Waals surface area contributed by atoms with E-state index in [1.807, 2.05) is 77.7 Å². The first kappa shape index (κ1) is 48.0. The average Bonchev–Trinajstić information content (AvgIpc) is 3.51. The van der Waals surface area contributed by atoms with Crippen LogP contribution in [0.1, 0.15) is 82.5 Å². The third-order valence-corrected chi connectivity index (χ3v) is 13.2. The Bertz CT molecular complexity index is 2600. The molecule has 7 rings (SSSR count). The van der Waals surface area contributed by atoms with Crippen LogP contribution in [0.2, 0.25) is 0 Å². The summed E-state index contributed by atoms with van der Waals surface area (Å²) in [5.74, 6) is -0.235. The van der Waals surface area contributed by atoms with Crippen LogP contribution in [0.4, 0.5) is 18.9 Å². The standard InChI is InChI=1S/C51H61F3N6O6/c1-48(2,51(52,53)54)33-59(26-22-50(23-27-66-49(3,4)32-50)38-14-17-40(65-6)18-15-38)31-34-10-12-36(13-11-34)37-9-7-8-35(28-37)29-45(62)56-25-24-55-39-16-19-41-43(30-39)58(5)47(64)60(41)42-20-21-44(61)57-46(42)63/h7-19,28,30,42,55H,20-27,29,31-33H2,1-6H3,(H,56,62)(H,57,61,63)/t42?,50-/m1/s1. The Morgan fingerprint density at radius 1 is 0.924 bits per heavy atom. The van der Waals surface area contributed by atoms with Crippen molar-refractivity contribution in [3.8, 4) is 16.9 Å². The average molecular weight is 911 g/mol. The Morgan fingerprint density at radius 2 is 1.67 bits per heavy atom. The summed E-state index contributed by atoms with van der Waals surface area (Å²) < 4.78 is 57.5. The van der Waals surface area contributed by atoms with Gasteiger partial charge < -0.3 is 20.1 Å². The molecule has 0 saturated carbocycles. The first-order chi connectivity index (χ1) is 31.3. The van der Waals surface area contributed by atoms with Gasteiger partial charge in [0, 0.05) is 57.4 Å². The van der Waals surface area contributed by atoms with Crippen molar-refractivity contribution in [2.75, 3.05) is 45.2 Å². The number of imidazole rings is 1. The molecule has 2 saturated heterocycles. The first-order valence-electron chi connectivity index (χ1n) is 22.6. The van der Waals surface area contributed by atoms with Gasteiger partial charge in [-0.05, 0) is 118 Å². The number of alkyl halides is 3. The van der Waals surface area contributed by atoms with E-state index in [0.29, 0.717) is 50.2 Å². The number of nitrogens with zero attached hydrogens (tertiary/aromatic N) is 3. The molecule has 1 aromatic heterocycles. The van der Waals surface area contributed by atoms with Crippen LogP contribution < -0.4 is 26.4 Å². The molecule has 3 N–H and O–H groups in total. The number of benzene rings is 4. The molecule has 0 radical (unpaired) electrons. The van der Waals surface area contributed by atoms with E-state index in [9.17, 15) is 32.3 Å². The fourth-order valence-corrected chi connectivity index (χ4v) is 9.54. The lowest BCUT2D eigenvalue weighted by Crippen LogP contribution is -2.47. The Hall–Kier alpha value is -5.93. The molecule has 3 amide bonds.